The maximum atomic E-state index is 14.1. The van der Waals surface area contributed by atoms with Crippen molar-refractivity contribution in [3.05, 3.63) is 0 Å². The van der Waals surface area contributed by atoms with Gasteiger partial charge in [-0.3, -0.25) is 19.2 Å². The van der Waals surface area contributed by atoms with Crippen LogP contribution in [-0.2, 0) is 28.7 Å². The molecule has 4 saturated carbocycles. The van der Waals surface area contributed by atoms with Gasteiger partial charge in [-0.05, 0) is 103 Å². The molecule has 0 bridgehead atoms. The lowest BCUT2D eigenvalue weighted by molar-refractivity contribution is -0.152. The standard InChI is InChI=1S/C41H70N4O7/c1-7-10-25-51-39(49)27(9-3)29-18-12-14-22-33(29)43-37(47)30-19-15-23-34(30)44-36(46)26(8-2)28-17-11-13-21-32(28)42-38(48)31-20-16-24-35(31)45-40(50)52-41(4,5)6/h26-35H,7-25H2,1-6H3,(H,42,48)(H,43,47)(H,44,46)(H,45,50)/t26-,27-,28-,29-,30-,31-,32-,33-,34?,35-/m1/s1. The van der Waals surface area contributed by atoms with E-state index in [9.17, 15) is 24.0 Å². The molecular formula is C41H70N4O7. The van der Waals surface area contributed by atoms with E-state index in [2.05, 4.69) is 28.2 Å². The number of rotatable bonds is 15. The average molecular weight is 731 g/mol. The third-order valence-electron chi connectivity index (χ3n) is 12.3. The number of amides is 4. The zero-order valence-corrected chi connectivity index (χ0v) is 33.1. The van der Waals surface area contributed by atoms with Gasteiger partial charge in [-0.15, -0.1) is 0 Å². The maximum Gasteiger partial charge on any atom is 0.407 e. The molecule has 4 aliphatic rings. The highest BCUT2D eigenvalue weighted by molar-refractivity contribution is 5.84. The summed E-state index contributed by atoms with van der Waals surface area (Å²) in [5.74, 6) is -1.32. The minimum Gasteiger partial charge on any atom is -0.465 e. The summed E-state index contributed by atoms with van der Waals surface area (Å²) in [5, 5.41) is 12.9. The molecule has 10 atom stereocenters. The topological polar surface area (TPSA) is 152 Å². The third kappa shape index (κ3) is 11.6. The molecule has 4 amide bonds. The Hall–Kier alpha value is -2.85. The Balaban J connectivity index is 1.36. The van der Waals surface area contributed by atoms with Gasteiger partial charge in [0.1, 0.15) is 5.60 Å². The summed E-state index contributed by atoms with van der Waals surface area (Å²) in [4.78, 5) is 67.2. The molecule has 0 aromatic heterocycles. The fourth-order valence-electron chi connectivity index (χ4n) is 9.61. The lowest BCUT2D eigenvalue weighted by Crippen LogP contribution is -2.54. The number of carbonyl (C=O) groups excluding carboxylic acids is 5. The molecule has 0 heterocycles. The van der Waals surface area contributed by atoms with Gasteiger partial charge in [0, 0.05) is 30.1 Å². The van der Waals surface area contributed by atoms with Gasteiger partial charge in [0.15, 0.2) is 0 Å². The summed E-state index contributed by atoms with van der Waals surface area (Å²) in [6.07, 6.45) is 14.8. The minimum atomic E-state index is -0.616. The van der Waals surface area contributed by atoms with Crippen molar-refractivity contribution >= 4 is 29.8 Å². The summed E-state index contributed by atoms with van der Waals surface area (Å²) >= 11 is 0. The fraction of sp³-hybridized carbons (Fsp3) is 0.878. The van der Waals surface area contributed by atoms with Crippen LogP contribution < -0.4 is 21.3 Å². The van der Waals surface area contributed by atoms with E-state index in [0.717, 1.165) is 96.3 Å². The fourth-order valence-corrected chi connectivity index (χ4v) is 9.61. The first-order valence-electron chi connectivity index (χ1n) is 20.9. The molecule has 0 saturated heterocycles. The molecule has 4 aliphatic carbocycles. The Kier molecular flexibility index (Phi) is 16.1. The van der Waals surface area contributed by atoms with Gasteiger partial charge in [0.2, 0.25) is 17.7 Å². The Bertz CT molecular complexity index is 1200. The van der Waals surface area contributed by atoms with E-state index >= 15 is 0 Å². The van der Waals surface area contributed by atoms with Crippen molar-refractivity contribution in [2.45, 2.75) is 187 Å². The number of hydrogen-bond acceptors (Lipinski definition) is 7. The van der Waals surface area contributed by atoms with Crippen molar-refractivity contribution in [2.24, 2.45) is 35.5 Å². The van der Waals surface area contributed by atoms with Gasteiger partial charge in [-0.1, -0.05) is 65.7 Å². The van der Waals surface area contributed by atoms with E-state index in [0.29, 0.717) is 25.9 Å². The molecule has 0 aliphatic heterocycles. The van der Waals surface area contributed by atoms with Crippen molar-refractivity contribution in [3.63, 3.8) is 0 Å². The van der Waals surface area contributed by atoms with Gasteiger partial charge < -0.3 is 30.7 Å². The predicted molar refractivity (Wildman–Crippen MR) is 201 cm³/mol. The second-order valence-electron chi connectivity index (χ2n) is 17.1. The van der Waals surface area contributed by atoms with Crippen LogP contribution in [0.15, 0.2) is 0 Å². The van der Waals surface area contributed by atoms with Crippen LogP contribution in [0.5, 0.6) is 0 Å². The molecule has 4 fully saturated rings. The summed E-state index contributed by atoms with van der Waals surface area (Å²) in [6.45, 7) is 12.1. The number of nitrogens with one attached hydrogen (secondary N) is 4. The molecule has 0 aromatic carbocycles. The molecule has 0 spiro atoms. The third-order valence-corrected chi connectivity index (χ3v) is 12.3. The lowest BCUT2D eigenvalue weighted by atomic mass is 9.74. The maximum absolute atomic E-state index is 14.1. The first-order valence-corrected chi connectivity index (χ1v) is 20.9. The Labute approximate surface area is 313 Å². The Morgan fingerprint density at radius 1 is 0.596 bits per heavy atom. The number of hydrogen-bond donors (Lipinski definition) is 4. The first kappa shape index (κ1) is 41.9. The van der Waals surface area contributed by atoms with Crippen molar-refractivity contribution in [1.29, 1.82) is 0 Å². The zero-order chi connectivity index (χ0) is 37.8. The smallest absolute Gasteiger partial charge is 0.407 e. The van der Waals surface area contributed by atoms with Crippen LogP contribution >= 0.6 is 0 Å². The van der Waals surface area contributed by atoms with Gasteiger partial charge in [-0.25, -0.2) is 4.79 Å². The first-order chi connectivity index (χ1) is 24.9. The van der Waals surface area contributed by atoms with E-state index in [4.69, 9.17) is 9.47 Å². The second kappa shape index (κ2) is 20.0. The van der Waals surface area contributed by atoms with E-state index in [1.165, 1.54) is 0 Å². The Morgan fingerprint density at radius 3 is 1.58 bits per heavy atom. The van der Waals surface area contributed by atoms with E-state index in [1.807, 2.05) is 34.6 Å². The highest BCUT2D eigenvalue weighted by atomic mass is 16.6. The Morgan fingerprint density at radius 2 is 1.08 bits per heavy atom. The van der Waals surface area contributed by atoms with E-state index < -0.39 is 11.7 Å². The van der Waals surface area contributed by atoms with E-state index in [1.54, 1.807) is 0 Å². The molecule has 52 heavy (non-hydrogen) atoms. The molecule has 0 aromatic rings. The molecular weight excluding hydrogens is 660 g/mol. The molecule has 0 radical (unpaired) electrons. The summed E-state index contributed by atoms with van der Waals surface area (Å²) in [6, 6.07) is -0.704. The number of unbranched alkanes of at least 4 members (excludes halogenated alkanes) is 1. The van der Waals surface area contributed by atoms with Crippen LogP contribution in [0.2, 0.25) is 0 Å². The molecule has 296 valence electrons. The average Bonchev–Trinajstić information content (AvgIpc) is 3.76. The van der Waals surface area contributed by atoms with Gasteiger partial charge >= 0.3 is 12.1 Å². The van der Waals surface area contributed by atoms with Gasteiger partial charge in [-0.2, -0.15) is 0 Å². The SMILES string of the molecule is CCCCOC(=O)[C@H](CC)[C@H]1CCCC[C@H]1NC(=O)[C@@H]1CCCC1NC(=O)[C@H](CC)[C@H]1CCCC[C@H]1NC(=O)[C@@H]1CCC[C@H]1NC(=O)OC(C)(C)C. The molecule has 11 heteroatoms. The number of esters is 1. The number of ether oxygens (including phenoxy) is 2. The zero-order valence-electron chi connectivity index (χ0n) is 33.1. The minimum absolute atomic E-state index is 0.00102. The van der Waals surface area contributed by atoms with Crippen LogP contribution in [0.4, 0.5) is 4.79 Å². The summed E-state index contributed by atoms with van der Waals surface area (Å²) < 4.78 is 11.1. The van der Waals surface area contributed by atoms with Crippen LogP contribution in [-0.4, -0.2) is 66.2 Å². The van der Waals surface area contributed by atoms with Crippen LogP contribution in [0.25, 0.3) is 0 Å². The van der Waals surface area contributed by atoms with Crippen molar-refractivity contribution < 1.29 is 33.4 Å². The van der Waals surface area contributed by atoms with Crippen molar-refractivity contribution in [3.8, 4) is 0 Å². The quantitative estimate of drug-likeness (QED) is 0.108. The molecule has 11 nitrogen and oxygen atoms in total. The van der Waals surface area contributed by atoms with Crippen LogP contribution in [0, 0.1) is 35.5 Å². The van der Waals surface area contributed by atoms with Crippen LogP contribution in [0.3, 0.4) is 0 Å². The van der Waals surface area contributed by atoms with Crippen molar-refractivity contribution in [1.82, 2.24) is 21.3 Å². The largest absolute Gasteiger partial charge is 0.465 e. The predicted octanol–water partition coefficient (Wildman–Crippen LogP) is 6.71. The summed E-state index contributed by atoms with van der Waals surface area (Å²) in [7, 11) is 0. The molecule has 1 unspecified atom stereocenters. The number of carbonyl (C=O) groups is 5. The normalized spacial score (nSPS) is 30.4. The highest BCUT2D eigenvalue weighted by Gasteiger charge is 2.43. The monoisotopic (exact) mass is 731 g/mol. The summed E-state index contributed by atoms with van der Waals surface area (Å²) in [5.41, 5.74) is -0.616. The molecule has 4 N–H and O–H groups in total. The van der Waals surface area contributed by atoms with Crippen LogP contribution in [0.1, 0.15) is 157 Å². The van der Waals surface area contributed by atoms with Crippen molar-refractivity contribution in [2.75, 3.05) is 6.61 Å². The second-order valence-corrected chi connectivity index (χ2v) is 17.1. The highest BCUT2D eigenvalue weighted by Crippen LogP contribution is 2.37. The van der Waals surface area contributed by atoms with E-state index in [-0.39, 0.29) is 83.4 Å². The van der Waals surface area contributed by atoms with Gasteiger partial charge in [0.05, 0.1) is 24.4 Å². The number of alkyl carbamates (subject to hydrolysis) is 1. The molecule has 4 rings (SSSR count). The lowest BCUT2D eigenvalue weighted by Gasteiger charge is -2.38. The van der Waals surface area contributed by atoms with Gasteiger partial charge in [0.25, 0.3) is 0 Å².